The molecular weight excluding hydrogens is 390 g/mol. The summed E-state index contributed by atoms with van der Waals surface area (Å²) in [5.41, 5.74) is 1.29. The van der Waals surface area contributed by atoms with Gasteiger partial charge >= 0.3 is 0 Å². The van der Waals surface area contributed by atoms with Gasteiger partial charge in [0, 0.05) is 17.9 Å². The Morgan fingerprint density at radius 2 is 1.87 bits per heavy atom. The molecule has 0 saturated carbocycles. The first-order chi connectivity index (χ1) is 14.5. The van der Waals surface area contributed by atoms with Crippen LogP contribution in [0.2, 0.25) is 0 Å². The van der Waals surface area contributed by atoms with E-state index in [0.29, 0.717) is 25.2 Å². The third-order valence-corrected chi connectivity index (χ3v) is 5.50. The van der Waals surface area contributed by atoms with Gasteiger partial charge in [-0.05, 0) is 24.6 Å². The number of nitrogens with zero attached hydrogens (tertiary/aromatic N) is 1. The van der Waals surface area contributed by atoms with E-state index in [1.807, 2.05) is 6.92 Å². The fourth-order valence-corrected chi connectivity index (χ4v) is 3.97. The zero-order valence-corrected chi connectivity index (χ0v) is 16.8. The molecule has 3 heterocycles. The van der Waals surface area contributed by atoms with Crippen LogP contribution in [0, 0.1) is 0 Å². The van der Waals surface area contributed by atoms with E-state index in [1.165, 1.54) is 6.92 Å². The predicted octanol–water partition coefficient (Wildman–Crippen LogP) is -0.142. The molecule has 30 heavy (non-hydrogen) atoms. The summed E-state index contributed by atoms with van der Waals surface area (Å²) in [7, 11) is 0. The summed E-state index contributed by atoms with van der Waals surface area (Å²) in [5.74, 6) is -0.776. The Labute approximate surface area is 173 Å². The molecule has 4 rings (SSSR count). The van der Waals surface area contributed by atoms with Crippen molar-refractivity contribution in [2.75, 3.05) is 13.2 Å². The van der Waals surface area contributed by atoms with Gasteiger partial charge in [-0.25, -0.2) is 0 Å². The van der Waals surface area contributed by atoms with Crippen LogP contribution in [-0.2, 0) is 19.1 Å². The van der Waals surface area contributed by atoms with Gasteiger partial charge < -0.3 is 25.4 Å². The standard InChI is InChI=1S/C20H25N5O5/c1-3-13(23-19(27)11-4-5-14-12(6-11)7-21-25-14)20(28)24-16-9-30-17-15(22-10(2)26)8-29-18(16)17/h4-7,13,15-18H,3,8-9H2,1-2H3,(H,21,25)(H,22,26)(H,23,27)(H,24,28). The average Bonchev–Trinajstić information content (AvgIpc) is 3.43. The van der Waals surface area contributed by atoms with Crippen molar-refractivity contribution in [1.29, 1.82) is 0 Å². The van der Waals surface area contributed by atoms with E-state index in [0.717, 1.165) is 10.9 Å². The van der Waals surface area contributed by atoms with Crippen molar-refractivity contribution in [2.24, 2.45) is 0 Å². The second-order valence-corrected chi connectivity index (χ2v) is 7.62. The molecule has 1 aromatic heterocycles. The van der Waals surface area contributed by atoms with Gasteiger partial charge in [0.15, 0.2) is 0 Å². The maximum Gasteiger partial charge on any atom is 0.251 e. The summed E-state index contributed by atoms with van der Waals surface area (Å²) in [6.45, 7) is 3.90. The zero-order chi connectivity index (χ0) is 21.3. The summed E-state index contributed by atoms with van der Waals surface area (Å²) in [5, 5.41) is 16.1. The number of nitrogens with one attached hydrogen (secondary N) is 4. The average molecular weight is 415 g/mol. The van der Waals surface area contributed by atoms with Crippen molar-refractivity contribution in [3.05, 3.63) is 30.0 Å². The number of aromatic amines is 1. The summed E-state index contributed by atoms with van der Waals surface area (Å²) in [6, 6.07) is 3.93. The first-order valence-electron chi connectivity index (χ1n) is 10.0. The second-order valence-electron chi connectivity index (χ2n) is 7.62. The number of rotatable bonds is 6. The first kappa shape index (κ1) is 20.3. The molecule has 0 spiro atoms. The number of aromatic nitrogens is 2. The van der Waals surface area contributed by atoms with Crippen molar-refractivity contribution >= 4 is 28.6 Å². The van der Waals surface area contributed by atoms with Gasteiger partial charge in [0.1, 0.15) is 18.2 Å². The smallest absolute Gasteiger partial charge is 0.251 e. The minimum atomic E-state index is -0.691. The van der Waals surface area contributed by atoms with E-state index in [4.69, 9.17) is 9.47 Å². The fraction of sp³-hybridized carbons (Fsp3) is 0.500. The lowest BCUT2D eigenvalue weighted by atomic mass is 10.1. The molecule has 160 valence electrons. The summed E-state index contributed by atoms with van der Waals surface area (Å²) in [6.07, 6.45) is 1.45. The minimum absolute atomic E-state index is 0.150. The predicted molar refractivity (Wildman–Crippen MR) is 107 cm³/mol. The normalized spacial score (nSPS) is 26.2. The molecule has 2 saturated heterocycles. The monoisotopic (exact) mass is 415 g/mol. The Bertz CT molecular complexity index is 960. The third-order valence-electron chi connectivity index (χ3n) is 5.50. The van der Waals surface area contributed by atoms with Gasteiger partial charge in [-0.1, -0.05) is 6.92 Å². The number of hydrogen-bond donors (Lipinski definition) is 4. The molecule has 2 aliphatic heterocycles. The highest BCUT2D eigenvalue weighted by Crippen LogP contribution is 2.27. The summed E-state index contributed by atoms with van der Waals surface area (Å²) in [4.78, 5) is 36.7. The van der Waals surface area contributed by atoms with Crippen molar-refractivity contribution in [2.45, 2.75) is 50.6 Å². The van der Waals surface area contributed by atoms with E-state index < -0.39 is 6.04 Å². The Kier molecular flexibility index (Phi) is 5.69. The van der Waals surface area contributed by atoms with E-state index >= 15 is 0 Å². The molecule has 3 amide bonds. The number of carbonyl (C=O) groups is 3. The van der Waals surface area contributed by atoms with E-state index in [2.05, 4.69) is 26.1 Å². The summed E-state index contributed by atoms with van der Waals surface area (Å²) >= 11 is 0. The lowest BCUT2D eigenvalue weighted by Gasteiger charge is -2.22. The van der Waals surface area contributed by atoms with Crippen LogP contribution in [-0.4, -0.2) is 71.5 Å². The Balaban J connectivity index is 1.36. The van der Waals surface area contributed by atoms with Crippen LogP contribution < -0.4 is 16.0 Å². The maximum absolute atomic E-state index is 12.8. The van der Waals surface area contributed by atoms with Crippen LogP contribution in [0.4, 0.5) is 0 Å². The molecule has 0 bridgehead atoms. The second kappa shape index (κ2) is 8.41. The summed E-state index contributed by atoms with van der Waals surface area (Å²) < 4.78 is 11.5. The largest absolute Gasteiger partial charge is 0.371 e. The van der Waals surface area contributed by atoms with Crippen molar-refractivity contribution in [3.63, 3.8) is 0 Å². The van der Waals surface area contributed by atoms with Crippen LogP contribution in [0.25, 0.3) is 10.9 Å². The minimum Gasteiger partial charge on any atom is -0.371 e. The Hall–Kier alpha value is -2.98. The molecule has 2 aliphatic rings. The molecule has 5 unspecified atom stereocenters. The van der Waals surface area contributed by atoms with Crippen LogP contribution in [0.1, 0.15) is 30.6 Å². The lowest BCUT2D eigenvalue weighted by Crippen LogP contribution is -2.53. The highest BCUT2D eigenvalue weighted by molar-refractivity contribution is 6.00. The maximum atomic E-state index is 12.8. The molecular formula is C20H25N5O5. The number of H-pyrrole nitrogens is 1. The number of benzene rings is 1. The van der Waals surface area contributed by atoms with Gasteiger partial charge in [0.2, 0.25) is 11.8 Å². The van der Waals surface area contributed by atoms with Crippen LogP contribution in [0.3, 0.4) is 0 Å². The highest BCUT2D eigenvalue weighted by atomic mass is 16.6. The first-order valence-corrected chi connectivity index (χ1v) is 10.0. The number of carbonyl (C=O) groups excluding carboxylic acids is 3. The van der Waals surface area contributed by atoms with Crippen molar-refractivity contribution in [3.8, 4) is 0 Å². The van der Waals surface area contributed by atoms with Gasteiger partial charge in [0.25, 0.3) is 5.91 Å². The van der Waals surface area contributed by atoms with E-state index in [1.54, 1.807) is 24.4 Å². The quantitative estimate of drug-likeness (QED) is 0.519. The fourth-order valence-electron chi connectivity index (χ4n) is 3.97. The molecule has 4 N–H and O–H groups in total. The van der Waals surface area contributed by atoms with Crippen molar-refractivity contribution in [1.82, 2.24) is 26.1 Å². The molecule has 5 atom stereocenters. The number of fused-ring (bicyclic) bond motifs is 2. The topological polar surface area (TPSA) is 134 Å². The van der Waals surface area contributed by atoms with Crippen LogP contribution in [0.5, 0.6) is 0 Å². The Morgan fingerprint density at radius 1 is 1.17 bits per heavy atom. The number of ether oxygens (including phenoxy) is 2. The van der Waals surface area contributed by atoms with Gasteiger partial charge in [0.05, 0.1) is 37.0 Å². The van der Waals surface area contributed by atoms with E-state index in [-0.39, 0.29) is 42.0 Å². The molecule has 2 aromatic rings. The van der Waals surface area contributed by atoms with Crippen molar-refractivity contribution < 1.29 is 23.9 Å². The SMILES string of the molecule is CCC(NC(=O)c1ccc2[nH]ncc2c1)C(=O)NC1COC2C(NC(C)=O)COC12. The lowest BCUT2D eigenvalue weighted by molar-refractivity contribution is -0.124. The zero-order valence-electron chi connectivity index (χ0n) is 16.8. The number of amides is 3. The molecule has 0 aliphatic carbocycles. The Morgan fingerprint density at radius 3 is 2.53 bits per heavy atom. The number of hydrogen-bond acceptors (Lipinski definition) is 6. The van der Waals surface area contributed by atoms with Crippen LogP contribution >= 0.6 is 0 Å². The van der Waals surface area contributed by atoms with E-state index in [9.17, 15) is 14.4 Å². The molecule has 2 fully saturated rings. The van der Waals surface area contributed by atoms with Crippen LogP contribution in [0.15, 0.2) is 24.4 Å². The van der Waals surface area contributed by atoms with Gasteiger partial charge in [-0.15, -0.1) is 0 Å². The molecule has 0 radical (unpaired) electrons. The van der Waals surface area contributed by atoms with Gasteiger partial charge in [-0.3, -0.25) is 19.5 Å². The molecule has 1 aromatic carbocycles. The molecule has 10 nitrogen and oxygen atoms in total. The third kappa shape index (κ3) is 4.01. The highest BCUT2D eigenvalue weighted by Gasteiger charge is 2.48. The molecule has 10 heteroatoms. The van der Waals surface area contributed by atoms with Gasteiger partial charge in [-0.2, -0.15) is 5.10 Å².